The van der Waals surface area contributed by atoms with Crippen LogP contribution >= 0.6 is 15.9 Å². The van der Waals surface area contributed by atoms with E-state index in [2.05, 4.69) is 26.6 Å². The summed E-state index contributed by atoms with van der Waals surface area (Å²) in [6.45, 7) is 1.32. The van der Waals surface area contributed by atoms with Gasteiger partial charge in [0.25, 0.3) is 5.91 Å². The van der Waals surface area contributed by atoms with E-state index >= 15 is 0 Å². The molecule has 8 heteroatoms. The lowest BCUT2D eigenvalue weighted by atomic mass is 10.1. The van der Waals surface area contributed by atoms with Crippen LogP contribution in [0.25, 0.3) is 4.48 Å². The van der Waals surface area contributed by atoms with Crippen LogP contribution in [-0.4, -0.2) is 37.0 Å². The fourth-order valence-corrected chi connectivity index (χ4v) is 3.86. The smallest absolute Gasteiger partial charge is 0.323 e. The van der Waals surface area contributed by atoms with Crippen molar-refractivity contribution in [2.45, 2.75) is 19.3 Å². The lowest BCUT2D eigenvalue weighted by Gasteiger charge is -2.28. The molecule has 1 fully saturated rings. The third-order valence-electron chi connectivity index (χ3n) is 4.83. The number of likely N-dealkylation sites (tertiary alicyclic amines) is 1. The van der Waals surface area contributed by atoms with Crippen molar-refractivity contribution >= 4 is 43.7 Å². The Morgan fingerprint density at radius 3 is 2.37 bits per heavy atom. The number of nitrogens with two attached hydrogens (primary N) is 1. The first-order valence-electron chi connectivity index (χ1n) is 9.75. The molecule has 3 rings (SSSR count). The Morgan fingerprint density at radius 2 is 1.70 bits per heavy atom. The number of para-hydroxylation sites is 1. The first-order chi connectivity index (χ1) is 14.5. The van der Waals surface area contributed by atoms with E-state index in [-0.39, 0.29) is 11.6 Å². The van der Waals surface area contributed by atoms with Crippen molar-refractivity contribution in [2.75, 3.05) is 31.2 Å². The van der Waals surface area contributed by atoms with Gasteiger partial charge >= 0.3 is 6.03 Å². The maximum atomic E-state index is 13.3. The molecule has 2 aromatic carbocycles. The van der Waals surface area contributed by atoms with Crippen molar-refractivity contribution in [3.8, 4) is 5.75 Å². The van der Waals surface area contributed by atoms with Gasteiger partial charge in [0.1, 0.15) is 11.4 Å². The van der Waals surface area contributed by atoms with Crippen LogP contribution in [0.5, 0.6) is 5.75 Å². The van der Waals surface area contributed by atoms with Crippen LogP contribution in [0.3, 0.4) is 0 Å². The van der Waals surface area contributed by atoms with Gasteiger partial charge in [0, 0.05) is 30.0 Å². The third kappa shape index (κ3) is 5.33. The van der Waals surface area contributed by atoms with Gasteiger partial charge in [0.15, 0.2) is 0 Å². The molecule has 0 spiro atoms. The van der Waals surface area contributed by atoms with Crippen molar-refractivity contribution in [2.24, 2.45) is 0 Å². The molecular formula is C22H25BrN4O3. The number of nitrogen functional groups attached to an aromatic ring is 1. The minimum absolute atomic E-state index is 0.161. The molecule has 0 atom stereocenters. The molecule has 0 radical (unpaired) electrons. The summed E-state index contributed by atoms with van der Waals surface area (Å²) in [6.07, 6.45) is 2.99. The van der Waals surface area contributed by atoms with E-state index in [0.29, 0.717) is 40.3 Å². The maximum absolute atomic E-state index is 13.3. The second-order valence-electron chi connectivity index (χ2n) is 6.94. The Labute approximate surface area is 184 Å². The number of rotatable bonds is 5. The second kappa shape index (κ2) is 10.2. The molecule has 0 saturated carbocycles. The van der Waals surface area contributed by atoms with E-state index in [9.17, 15) is 9.59 Å². The molecule has 1 heterocycles. The molecule has 3 amide bonds. The molecule has 0 aliphatic carbocycles. The van der Waals surface area contributed by atoms with E-state index < -0.39 is 6.03 Å². The minimum atomic E-state index is -0.521. The summed E-state index contributed by atoms with van der Waals surface area (Å²) in [5.74, 6) is 0.356. The number of urea groups is 1. The van der Waals surface area contributed by atoms with Gasteiger partial charge in [-0.2, -0.15) is 0 Å². The molecule has 0 aromatic heterocycles. The number of methoxy groups -OCH3 is 1. The Bertz CT molecular complexity index is 938. The quantitative estimate of drug-likeness (QED) is 0.449. The van der Waals surface area contributed by atoms with Crippen LogP contribution in [0.2, 0.25) is 0 Å². The minimum Gasteiger partial charge on any atom is -0.496 e. The first-order valence-corrected chi connectivity index (χ1v) is 10.5. The fraction of sp³-hybridized carbons (Fsp3) is 0.273. The van der Waals surface area contributed by atoms with Crippen LogP contribution in [-0.2, 0) is 4.79 Å². The molecule has 2 aromatic rings. The van der Waals surface area contributed by atoms with Crippen molar-refractivity contribution in [3.63, 3.8) is 0 Å². The number of ether oxygens (including phenoxy) is 1. The van der Waals surface area contributed by atoms with Gasteiger partial charge in [-0.3, -0.25) is 4.79 Å². The van der Waals surface area contributed by atoms with Crippen LogP contribution in [0.1, 0.15) is 24.8 Å². The molecular weight excluding hydrogens is 448 g/mol. The predicted molar refractivity (Wildman–Crippen MR) is 122 cm³/mol. The molecule has 7 nitrogen and oxygen atoms in total. The zero-order valence-electron chi connectivity index (χ0n) is 16.8. The summed E-state index contributed by atoms with van der Waals surface area (Å²) in [5.41, 5.74) is 7.69. The van der Waals surface area contributed by atoms with Crippen LogP contribution in [0.4, 0.5) is 16.2 Å². The Kier molecular flexibility index (Phi) is 7.35. The molecule has 4 N–H and O–H groups in total. The Morgan fingerprint density at radius 1 is 1.03 bits per heavy atom. The number of hydrogen-bond acceptors (Lipinski definition) is 4. The summed E-state index contributed by atoms with van der Waals surface area (Å²) < 4.78 is 5.89. The highest BCUT2D eigenvalue weighted by atomic mass is 79.9. The van der Waals surface area contributed by atoms with Crippen molar-refractivity contribution in [1.82, 2.24) is 10.2 Å². The predicted octanol–water partition coefficient (Wildman–Crippen LogP) is 4.18. The van der Waals surface area contributed by atoms with Gasteiger partial charge in [-0.15, -0.1) is 0 Å². The monoisotopic (exact) mass is 472 g/mol. The zero-order valence-corrected chi connectivity index (χ0v) is 18.4. The Hall–Kier alpha value is -3.00. The second-order valence-corrected chi connectivity index (χ2v) is 7.74. The summed E-state index contributed by atoms with van der Waals surface area (Å²) >= 11 is 3.53. The van der Waals surface area contributed by atoms with Gasteiger partial charge in [0.05, 0.1) is 11.6 Å². The highest BCUT2D eigenvalue weighted by Gasteiger charge is 2.26. The summed E-state index contributed by atoms with van der Waals surface area (Å²) in [4.78, 5) is 27.7. The van der Waals surface area contributed by atoms with Crippen LogP contribution in [0.15, 0.2) is 54.2 Å². The van der Waals surface area contributed by atoms with Crippen LogP contribution in [0, 0.1) is 0 Å². The number of hydrogen-bond donors (Lipinski definition) is 3. The van der Waals surface area contributed by atoms with E-state index in [1.54, 1.807) is 42.3 Å². The van der Waals surface area contributed by atoms with E-state index in [1.165, 1.54) is 0 Å². The zero-order chi connectivity index (χ0) is 21.5. The number of piperidine rings is 1. The SMILES string of the molecule is COc1ccccc1/C(Br)=C(\NC(=O)Nc1ccc(N)cc1)C(=O)N1CCCCC1. The third-order valence-corrected chi connectivity index (χ3v) is 5.65. The normalized spacial score (nSPS) is 14.5. The molecule has 30 heavy (non-hydrogen) atoms. The number of anilines is 2. The summed E-state index contributed by atoms with van der Waals surface area (Å²) in [7, 11) is 1.56. The van der Waals surface area contributed by atoms with E-state index in [4.69, 9.17) is 10.5 Å². The average molecular weight is 473 g/mol. The first kappa shape index (κ1) is 21.7. The lowest BCUT2D eigenvalue weighted by Crippen LogP contribution is -2.42. The molecule has 1 saturated heterocycles. The number of benzene rings is 2. The number of nitrogens with one attached hydrogen (secondary N) is 2. The molecule has 1 aliphatic heterocycles. The lowest BCUT2D eigenvalue weighted by molar-refractivity contribution is -0.128. The van der Waals surface area contributed by atoms with Gasteiger partial charge in [-0.25, -0.2) is 4.79 Å². The van der Waals surface area contributed by atoms with Crippen molar-refractivity contribution < 1.29 is 14.3 Å². The van der Waals surface area contributed by atoms with Gasteiger partial charge in [-0.1, -0.05) is 18.2 Å². The van der Waals surface area contributed by atoms with Crippen molar-refractivity contribution in [3.05, 3.63) is 59.8 Å². The van der Waals surface area contributed by atoms with Gasteiger partial charge in [-0.05, 0) is 65.5 Å². The standard InChI is InChI=1S/C22H25BrN4O3/c1-30-18-8-4-3-7-17(18)19(23)20(21(28)27-13-5-2-6-14-27)26-22(29)25-16-11-9-15(24)10-12-16/h3-4,7-12H,2,5-6,13-14,24H2,1H3,(H2,25,26,29)/b20-19+. The number of amides is 3. The highest BCUT2D eigenvalue weighted by molar-refractivity contribution is 9.15. The van der Waals surface area contributed by atoms with E-state index in [0.717, 1.165) is 19.3 Å². The fourth-order valence-electron chi connectivity index (χ4n) is 3.26. The Balaban J connectivity index is 1.91. The molecule has 0 bridgehead atoms. The van der Waals surface area contributed by atoms with Gasteiger partial charge in [0.2, 0.25) is 0 Å². The van der Waals surface area contributed by atoms with Crippen LogP contribution < -0.4 is 21.1 Å². The highest BCUT2D eigenvalue weighted by Crippen LogP contribution is 2.32. The van der Waals surface area contributed by atoms with E-state index in [1.807, 2.05) is 18.2 Å². The summed E-state index contributed by atoms with van der Waals surface area (Å²) in [6, 6.07) is 13.6. The number of halogens is 1. The topological polar surface area (TPSA) is 96.7 Å². The van der Waals surface area contributed by atoms with Gasteiger partial charge < -0.3 is 26.0 Å². The molecule has 0 unspecified atom stereocenters. The number of carbonyl (C=O) groups excluding carboxylic acids is 2. The summed E-state index contributed by atoms with van der Waals surface area (Å²) in [5, 5.41) is 5.46. The molecule has 158 valence electrons. The largest absolute Gasteiger partial charge is 0.496 e. The average Bonchev–Trinajstić information content (AvgIpc) is 2.78. The molecule has 1 aliphatic rings. The maximum Gasteiger partial charge on any atom is 0.323 e. The number of carbonyl (C=O) groups is 2. The number of nitrogens with zero attached hydrogens (tertiary/aromatic N) is 1. The van der Waals surface area contributed by atoms with Crippen molar-refractivity contribution in [1.29, 1.82) is 0 Å².